The van der Waals surface area contributed by atoms with Crippen LogP contribution in [0.1, 0.15) is 5.56 Å². The highest BCUT2D eigenvalue weighted by atomic mass is 16.5. The van der Waals surface area contributed by atoms with Gasteiger partial charge in [-0.2, -0.15) is 0 Å². The molecular formula is C11H11NO3. The van der Waals surface area contributed by atoms with Crippen LogP contribution < -0.4 is 4.74 Å². The predicted molar refractivity (Wildman–Crippen MR) is 56.2 cm³/mol. The number of fused-ring (bicyclic) bond motifs is 1. The largest absolute Gasteiger partial charge is 0.495 e. The molecule has 2 aromatic rings. The van der Waals surface area contributed by atoms with Crippen LogP contribution >= 0.6 is 0 Å². The highest BCUT2D eigenvalue weighted by Gasteiger charge is 2.09. The molecule has 1 heterocycles. The number of nitrogens with one attached hydrogen (secondary N) is 1. The van der Waals surface area contributed by atoms with Crippen molar-refractivity contribution in [1.29, 1.82) is 0 Å². The Bertz CT molecular complexity index is 502. The molecule has 0 bridgehead atoms. The number of rotatable bonds is 3. The minimum Gasteiger partial charge on any atom is -0.495 e. The van der Waals surface area contributed by atoms with Crippen LogP contribution in [0.25, 0.3) is 10.9 Å². The Morgan fingerprint density at radius 3 is 2.93 bits per heavy atom. The molecule has 0 saturated heterocycles. The summed E-state index contributed by atoms with van der Waals surface area (Å²) in [6.45, 7) is 0. The van der Waals surface area contributed by atoms with Gasteiger partial charge in [-0.3, -0.25) is 4.79 Å². The summed E-state index contributed by atoms with van der Waals surface area (Å²) in [6.07, 6.45) is 1.80. The normalized spacial score (nSPS) is 10.5. The lowest BCUT2D eigenvalue weighted by Gasteiger charge is -2.05. The number of aromatic amines is 1. The Kier molecular flexibility index (Phi) is 2.33. The lowest BCUT2D eigenvalue weighted by Crippen LogP contribution is -2.00. The molecule has 0 aliphatic carbocycles. The lowest BCUT2D eigenvalue weighted by molar-refractivity contribution is -0.136. The van der Waals surface area contributed by atoms with Gasteiger partial charge >= 0.3 is 5.97 Å². The molecule has 0 saturated carbocycles. The molecule has 2 N–H and O–H groups in total. The van der Waals surface area contributed by atoms with Crippen LogP contribution in [-0.4, -0.2) is 23.2 Å². The van der Waals surface area contributed by atoms with E-state index >= 15 is 0 Å². The number of carboxylic acids is 1. The fourth-order valence-corrected chi connectivity index (χ4v) is 1.68. The van der Waals surface area contributed by atoms with Crippen molar-refractivity contribution in [2.24, 2.45) is 0 Å². The van der Waals surface area contributed by atoms with Crippen LogP contribution in [0.4, 0.5) is 0 Å². The van der Waals surface area contributed by atoms with Gasteiger partial charge in [0.1, 0.15) is 5.75 Å². The average Bonchev–Trinajstić information content (AvgIpc) is 2.66. The molecule has 0 spiro atoms. The number of hydrogen-bond donors (Lipinski definition) is 2. The zero-order valence-corrected chi connectivity index (χ0v) is 8.28. The molecule has 0 amide bonds. The van der Waals surface area contributed by atoms with E-state index in [2.05, 4.69) is 4.98 Å². The third-order valence-electron chi connectivity index (χ3n) is 2.34. The second kappa shape index (κ2) is 3.65. The molecule has 0 fully saturated rings. The molecule has 0 aliphatic rings. The second-order valence-electron chi connectivity index (χ2n) is 3.26. The Labute approximate surface area is 86.5 Å². The maximum atomic E-state index is 10.6. The molecule has 4 heteroatoms. The molecule has 0 aliphatic heterocycles. The van der Waals surface area contributed by atoms with Crippen LogP contribution in [-0.2, 0) is 11.2 Å². The van der Waals surface area contributed by atoms with Crippen molar-refractivity contribution >= 4 is 16.9 Å². The van der Waals surface area contributed by atoms with Crippen molar-refractivity contribution in [2.45, 2.75) is 6.42 Å². The highest BCUT2D eigenvalue weighted by Crippen LogP contribution is 2.27. The van der Waals surface area contributed by atoms with Crippen LogP contribution in [0.15, 0.2) is 24.4 Å². The van der Waals surface area contributed by atoms with Gasteiger partial charge in [0.2, 0.25) is 0 Å². The van der Waals surface area contributed by atoms with Crippen LogP contribution in [0.2, 0.25) is 0 Å². The van der Waals surface area contributed by atoms with Gasteiger partial charge in [0.15, 0.2) is 0 Å². The summed E-state index contributed by atoms with van der Waals surface area (Å²) in [5, 5.41) is 9.65. The van der Waals surface area contributed by atoms with Gasteiger partial charge in [-0.15, -0.1) is 0 Å². The van der Waals surface area contributed by atoms with Crippen LogP contribution in [0.5, 0.6) is 5.75 Å². The fourth-order valence-electron chi connectivity index (χ4n) is 1.68. The van der Waals surface area contributed by atoms with Crippen molar-refractivity contribution in [2.75, 3.05) is 7.11 Å². The Morgan fingerprint density at radius 1 is 1.47 bits per heavy atom. The summed E-state index contributed by atoms with van der Waals surface area (Å²) in [6, 6.07) is 5.41. The quantitative estimate of drug-likeness (QED) is 0.803. The zero-order chi connectivity index (χ0) is 10.8. The van der Waals surface area contributed by atoms with Crippen molar-refractivity contribution in [3.8, 4) is 5.75 Å². The van der Waals surface area contributed by atoms with E-state index in [1.807, 2.05) is 6.07 Å². The van der Waals surface area contributed by atoms with Crippen molar-refractivity contribution in [3.05, 3.63) is 30.0 Å². The smallest absolute Gasteiger partial charge is 0.307 e. The zero-order valence-electron chi connectivity index (χ0n) is 8.28. The van der Waals surface area contributed by atoms with Crippen LogP contribution in [0, 0.1) is 0 Å². The Hall–Kier alpha value is -1.97. The first-order valence-electron chi connectivity index (χ1n) is 4.57. The van der Waals surface area contributed by atoms with Gasteiger partial charge in [0.25, 0.3) is 0 Å². The van der Waals surface area contributed by atoms with E-state index in [-0.39, 0.29) is 6.42 Å². The van der Waals surface area contributed by atoms with Gasteiger partial charge in [-0.1, -0.05) is 6.07 Å². The topological polar surface area (TPSA) is 62.3 Å². The maximum Gasteiger partial charge on any atom is 0.307 e. The average molecular weight is 205 g/mol. The lowest BCUT2D eigenvalue weighted by atomic mass is 10.1. The van der Waals surface area contributed by atoms with Gasteiger partial charge in [-0.25, -0.2) is 0 Å². The summed E-state index contributed by atoms with van der Waals surface area (Å²) in [7, 11) is 1.59. The highest BCUT2D eigenvalue weighted by molar-refractivity contribution is 5.90. The molecule has 15 heavy (non-hydrogen) atoms. The molecule has 2 rings (SSSR count). The molecule has 1 aromatic heterocycles. The molecule has 78 valence electrons. The van der Waals surface area contributed by atoms with Crippen LogP contribution in [0.3, 0.4) is 0 Å². The van der Waals surface area contributed by atoms with E-state index in [9.17, 15) is 4.79 Å². The van der Waals surface area contributed by atoms with E-state index in [0.29, 0.717) is 0 Å². The van der Waals surface area contributed by atoms with Crippen molar-refractivity contribution in [3.63, 3.8) is 0 Å². The van der Waals surface area contributed by atoms with Crippen molar-refractivity contribution in [1.82, 2.24) is 4.98 Å². The standard InChI is InChI=1S/C11H11NO3/c1-15-9-3-2-7(6-10(13)14)8-4-5-12-11(8)9/h2-5,12H,6H2,1H3,(H,13,14). The first-order valence-corrected chi connectivity index (χ1v) is 4.57. The first-order chi connectivity index (χ1) is 7.22. The second-order valence-corrected chi connectivity index (χ2v) is 3.26. The Morgan fingerprint density at radius 2 is 2.27 bits per heavy atom. The summed E-state index contributed by atoms with van der Waals surface area (Å²) >= 11 is 0. The number of methoxy groups -OCH3 is 1. The van der Waals surface area contributed by atoms with Gasteiger partial charge in [0, 0.05) is 11.6 Å². The number of carboxylic acid groups (broad SMARTS) is 1. The predicted octanol–water partition coefficient (Wildman–Crippen LogP) is 1.80. The monoisotopic (exact) mass is 205 g/mol. The minimum atomic E-state index is -0.831. The number of ether oxygens (including phenoxy) is 1. The molecule has 1 aromatic carbocycles. The number of aliphatic carboxylic acids is 1. The summed E-state index contributed by atoms with van der Waals surface area (Å²) in [4.78, 5) is 13.7. The molecule has 0 radical (unpaired) electrons. The third kappa shape index (κ3) is 1.66. The molecule has 4 nitrogen and oxygen atoms in total. The number of H-pyrrole nitrogens is 1. The van der Waals surface area contributed by atoms with E-state index in [1.165, 1.54) is 0 Å². The van der Waals surface area contributed by atoms with E-state index in [1.54, 1.807) is 25.4 Å². The Balaban J connectivity index is 2.58. The maximum absolute atomic E-state index is 10.6. The van der Waals surface area contributed by atoms with Gasteiger partial charge in [-0.05, 0) is 17.7 Å². The summed E-state index contributed by atoms with van der Waals surface area (Å²) in [5.74, 6) is -0.105. The number of benzene rings is 1. The van der Waals surface area contributed by atoms with Gasteiger partial charge < -0.3 is 14.8 Å². The molecule has 0 atom stereocenters. The fraction of sp³-hybridized carbons (Fsp3) is 0.182. The number of carbonyl (C=O) groups is 1. The van der Waals surface area contributed by atoms with Gasteiger partial charge in [0.05, 0.1) is 19.0 Å². The SMILES string of the molecule is COc1ccc(CC(=O)O)c2cc[nH]c12. The number of hydrogen-bond acceptors (Lipinski definition) is 2. The van der Waals surface area contributed by atoms with Crippen molar-refractivity contribution < 1.29 is 14.6 Å². The minimum absolute atomic E-state index is 0.0261. The summed E-state index contributed by atoms with van der Waals surface area (Å²) in [5.41, 5.74) is 1.64. The summed E-state index contributed by atoms with van der Waals surface area (Å²) < 4.78 is 5.17. The number of aromatic nitrogens is 1. The van der Waals surface area contributed by atoms with E-state index in [4.69, 9.17) is 9.84 Å². The molecular weight excluding hydrogens is 194 g/mol. The van der Waals surface area contributed by atoms with E-state index < -0.39 is 5.97 Å². The van der Waals surface area contributed by atoms with E-state index in [0.717, 1.165) is 22.2 Å². The molecule has 0 unspecified atom stereocenters. The third-order valence-corrected chi connectivity index (χ3v) is 2.34. The first kappa shape index (κ1) is 9.58.